The summed E-state index contributed by atoms with van der Waals surface area (Å²) in [7, 11) is 0. The van der Waals surface area contributed by atoms with Gasteiger partial charge in [-0.1, -0.05) is 0 Å². The van der Waals surface area contributed by atoms with Gasteiger partial charge in [0.2, 0.25) is 5.91 Å². The number of nitrogens with one attached hydrogen (secondary N) is 2. The predicted molar refractivity (Wildman–Crippen MR) is 85.9 cm³/mol. The summed E-state index contributed by atoms with van der Waals surface area (Å²) in [5, 5.41) is 10.00. The highest BCUT2D eigenvalue weighted by Gasteiger charge is 2.42. The van der Waals surface area contributed by atoms with E-state index in [9.17, 15) is 14.0 Å². The first-order chi connectivity index (χ1) is 11.5. The van der Waals surface area contributed by atoms with E-state index in [1.165, 1.54) is 12.1 Å². The summed E-state index contributed by atoms with van der Waals surface area (Å²) in [6.07, 6.45) is 4.38. The van der Waals surface area contributed by atoms with E-state index in [0.29, 0.717) is 25.9 Å². The fourth-order valence-electron chi connectivity index (χ4n) is 2.94. The van der Waals surface area contributed by atoms with Crippen molar-refractivity contribution in [1.29, 1.82) is 0 Å². The first-order valence-corrected chi connectivity index (χ1v) is 7.64. The fourth-order valence-corrected chi connectivity index (χ4v) is 2.94. The molecule has 0 bridgehead atoms. The zero-order chi connectivity index (χ0) is 17.2. The number of benzene rings is 1. The lowest BCUT2D eigenvalue weighted by molar-refractivity contribution is -0.126. The molecule has 0 saturated carbocycles. The van der Waals surface area contributed by atoms with Crippen molar-refractivity contribution in [2.24, 2.45) is 5.73 Å². The highest BCUT2D eigenvalue weighted by molar-refractivity contribution is 5.99. The maximum atomic E-state index is 14.0. The standard InChI is InChI=1S/C16H18FN5O2/c17-12-3-2-11(14(18)23)10-13(12)21-15(24)16(4-7-19-8-5-16)22-9-1-6-20-22/h1-3,6,9-10,19H,4-5,7-8H2,(H2,18,23)(H,21,24). The highest BCUT2D eigenvalue weighted by atomic mass is 19.1. The van der Waals surface area contributed by atoms with Gasteiger partial charge >= 0.3 is 0 Å². The molecule has 1 fully saturated rings. The monoisotopic (exact) mass is 331 g/mol. The molecule has 1 saturated heterocycles. The van der Waals surface area contributed by atoms with E-state index >= 15 is 0 Å². The lowest BCUT2D eigenvalue weighted by Gasteiger charge is -2.36. The number of rotatable bonds is 4. The molecule has 0 unspecified atom stereocenters. The SMILES string of the molecule is NC(=O)c1ccc(F)c(NC(=O)C2(n3cccn3)CCNCC2)c1. The number of carbonyl (C=O) groups excluding carboxylic acids is 2. The molecular formula is C16H18FN5O2. The number of aromatic nitrogens is 2. The number of amides is 2. The number of hydrogen-bond acceptors (Lipinski definition) is 4. The molecule has 2 heterocycles. The molecule has 1 aliphatic rings. The smallest absolute Gasteiger partial charge is 0.252 e. The van der Waals surface area contributed by atoms with Crippen LogP contribution in [0.4, 0.5) is 10.1 Å². The third kappa shape index (κ3) is 2.88. The Balaban J connectivity index is 1.92. The Morgan fingerprint density at radius 3 is 2.71 bits per heavy atom. The Labute approximate surface area is 138 Å². The molecule has 126 valence electrons. The molecule has 1 aromatic heterocycles. The van der Waals surface area contributed by atoms with Crippen LogP contribution in [0.5, 0.6) is 0 Å². The van der Waals surface area contributed by atoms with Crippen molar-refractivity contribution in [2.75, 3.05) is 18.4 Å². The van der Waals surface area contributed by atoms with Crippen LogP contribution in [0.2, 0.25) is 0 Å². The lowest BCUT2D eigenvalue weighted by Crippen LogP contribution is -2.52. The Kier molecular flexibility index (Phi) is 4.30. The van der Waals surface area contributed by atoms with Crippen molar-refractivity contribution < 1.29 is 14.0 Å². The van der Waals surface area contributed by atoms with E-state index in [4.69, 9.17) is 5.73 Å². The van der Waals surface area contributed by atoms with Gasteiger partial charge in [-0.3, -0.25) is 14.3 Å². The normalized spacial score (nSPS) is 16.5. The van der Waals surface area contributed by atoms with Crippen LogP contribution in [-0.4, -0.2) is 34.7 Å². The number of halogens is 1. The number of anilines is 1. The van der Waals surface area contributed by atoms with E-state index in [1.54, 1.807) is 23.1 Å². The van der Waals surface area contributed by atoms with Gasteiger partial charge in [0.1, 0.15) is 11.4 Å². The molecule has 4 N–H and O–H groups in total. The number of carbonyl (C=O) groups is 2. The Morgan fingerprint density at radius 1 is 1.33 bits per heavy atom. The fraction of sp³-hybridized carbons (Fsp3) is 0.312. The van der Waals surface area contributed by atoms with Crippen LogP contribution in [0.1, 0.15) is 23.2 Å². The highest BCUT2D eigenvalue weighted by Crippen LogP contribution is 2.29. The molecule has 1 aliphatic heterocycles. The van der Waals surface area contributed by atoms with Gasteiger partial charge in [0.15, 0.2) is 0 Å². The molecule has 0 spiro atoms. The molecule has 8 heteroatoms. The minimum Gasteiger partial charge on any atom is -0.366 e. The summed E-state index contributed by atoms with van der Waals surface area (Å²) in [4.78, 5) is 24.2. The number of nitrogens with zero attached hydrogens (tertiary/aromatic N) is 2. The zero-order valence-corrected chi connectivity index (χ0v) is 13.0. The van der Waals surface area contributed by atoms with Crippen molar-refractivity contribution in [3.05, 3.63) is 48.0 Å². The van der Waals surface area contributed by atoms with Gasteiger partial charge in [-0.2, -0.15) is 5.10 Å². The summed E-state index contributed by atoms with van der Waals surface area (Å²) >= 11 is 0. The third-order valence-corrected chi connectivity index (χ3v) is 4.30. The van der Waals surface area contributed by atoms with Gasteiger partial charge in [0.25, 0.3) is 5.91 Å². The summed E-state index contributed by atoms with van der Waals surface area (Å²) in [5.74, 6) is -1.68. The van der Waals surface area contributed by atoms with Crippen LogP contribution in [0.3, 0.4) is 0 Å². The van der Waals surface area contributed by atoms with Gasteiger partial charge in [-0.25, -0.2) is 4.39 Å². The average molecular weight is 331 g/mol. The van der Waals surface area contributed by atoms with Crippen LogP contribution in [-0.2, 0) is 10.3 Å². The van der Waals surface area contributed by atoms with Crippen molar-refractivity contribution in [1.82, 2.24) is 15.1 Å². The maximum Gasteiger partial charge on any atom is 0.252 e. The summed E-state index contributed by atoms with van der Waals surface area (Å²) in [6.45, 7) is 1.30. The second kappa shape index (κ2) is 6.40. The molecule has 0 aliphatic carbocycles. The zero-order valence-electron chi connectivity index (χ0n) is 13.0. The topological polar surface area (TPSA) is 102 Å². The molecule has 2 amide bonds. The summed E-state index contributed by atoms with van der Waals surface area (Å²) in [5.41, 5.74) is 4.38. The van der Waals surface area contributed by atoms with Crippen LogP contribution < -0.4 is 16.4 Å². The second-order valence-corrected chi connectivity index (χ2v) is 5.75. The Hall–Kier alpha value is -2.74. The molecular weight excluding hydrogens is 313 g/mol. The Morgan fingerprint density at radius 2 is 2.08 bits per heavy atom. The van der Waals surface area contributed by atoms with Crippen molar-refractivity contribution in [2.45, 2.75) is 18.4 Å². The molecule has 7 nitrogen and oxygen atoms in total. The van der Waals surface area contributed by atoms with Crippen LogP contribution in [0.15, 0.2) is 36.7 Å². The van der Waals surface area contributed by atoms with Gasteiger partial charge < -0.3 is 16.4 Å². The maximum absolute atomic E-state index is 14.0. The van der Waals surface area contributed by atoms with Crippen molar-refractivity contribution >= 4 is 17.5 Å². The first-order valence-electron chi connectivity index (χ1n) is 7.64. The largest absolute Gasteiger partial charge is 0.366 e. The summed E-state index contributed by atoms with van der Waals surface area (Å²) in [6, 6.07) is 5.37. The van der Waals surface area contributed by atoms with E-state index in [-0.39, 0.29) is 17.2 Å². The van der Waals surface area contributed by atoms with Gasteiger partial charge in [0.05, 0.1) is 5.69 Å². The average Bonchev–Trinajstić information content (AvgIpc) is 3.12. The molecule has 0 radical (unpaired) electrons. The predicted octanol–water partition coefficient (Wildman–Crippen LogP) is 0.838. The van der Waals surface area contributed by atoms with E-state index in [0.717, 1.165) is 6.07 Å². The quantitative estimate of drug-likeness (QED) is 0.772. The first kappa shape index (κ1) is 16.1. The number of nitrogens with two attached hydrogens (primary N) is 1. The number of hydrogen-bond donors (Lipinski definition) is 3. The van der Waals surface area contributed by atoms with Gasteiger partial charge in [-0.15, -0.1) is 0 Å². The van der Waals surface area contributed by atoms with Gasteiger partial charge in [-0.05, 0) is 50.2 Å². The van der Waals surface area contributed by atoms with E-state index in [1.807, 2.05) is 0 Å². The lowest BCUT2D eigenvalue weighted by atomic mass is 9.87. The molecule has 2 aromatic rings. The van der Waals surface area contributed by atoms with Crippen LogP contribution in [0.25, 0.3) is 0 Å². The Bertz CT molecular complexity index is 754. The van der Waals surface area contributed by atoms with Crippen LogP contribution >= 0.6 is 0 Å². The molecule has 0 atom stereocenters. The van der Waals surface area contributed by atoms with Crippen molar-refractivity contribution in [3.63, 3.8) is 0 Å². The molecule has 24 heavy (non-hydrogen) atoms. The number of primary amides is 1. The molecule has 1 aromatic carbocycles. The van der Waals surface area contributed by atoms with Crippen molar-refractivity contribution in [3.8, 4) is 0 Å². The summed E-state index contributed by atoms with van der Waals surface area (Å²) < 4.78 is 15.6. The minimum absolute atomic E-state index is 0.0682. The van der Waals surface area contributed by atoms with Gasteiger partial charge in [0, 0.05) is 18.0 Å². The van der Waals surface area contributed by atoms with Crippen LogP contribution in [0, 0.1) is 5.82 Å². The van der Waals surface area contributed by atoms with E-state index in [2.05, 4.69) is 15.7 Å². The third-order valence-electron chi connectivity index (χ3n) is 4.30. The number of piperidine rings is 1. The minimum atomic E-state index is -0.899. The molecule has 3 rings (SSSR count). The van der Waals surface area contributed by atoms with E-state index < -0.39 is 17.3 Å². The second-order valence-electron chi connectivity index (χ2n) is 5.75.